The third-order valence-electron chi connectivity index (χ3n) is 2.40. The molecule has 1 rings (SSSR count). The molecule has 1 aromatic heterocycles. The van der Waals surface area contributed by atoms with Crippen molar-refractivity contribution in [1.82, 2.24) is 4.72 Å². The summed E-state index contributed by atoms with van der Waals surface area (Å²) >= 11 is 1.24. The Morgan fingerprint density at radius 1 is 1.35 bits per heavy atom. The maximum absolute atomic E-state index is 11.8. The number of anilines is 1. The van der Waals surface area contributed by atoms with E-state index in [-0.39, 0.29) is 12.2 Å². The van der Waals surface area contributed by atoms with E-state index in [2.05, 4.69) is 9.44 Å². The minimum atomic E-state index is -3.66. The maximum Gasteiger partial charge on any atom is 0.341 e. The second-order valence-corrected chi connectivity index (χ2v) is 6.67. The average Bonchev–Trinajstić information content (AvgIpc) is 2.79. The summed E-state index contributed by atoms with van der Waals surface area (Å²) in [7, 11) is -3.66. The molecule has 20 heavy (non-hydrogen) atoms. The molecular formula is C12H20N2O4S2. The topological polar surface area (TPSA) is 84.5 Å². The van der Waals surface area contributed by atoms with E-state index in [4.69, 9.17) is 4.74 Å². The second-order valence-electron chi connectivity index (χ2n) is 4.03. The number of rotatable bonds is 8. The van der Waals surface area contributed by atoms with Crippen LogP contribution in [-0.4, -0.2) is 27.5 Å². The molecule has 0 spiro atoms. The Kier molecular flexibility index (Phi) is 6.44. The van der Waals surface area contributed by atoms with Gasteiger partial charge in [-0.1, -0.05) is 13.8 Å². The predicted octanol–water partition coefficient (Wildman–Crippen LogP) is 2.14. The standard InChI is InChI=1S/C12H20N2O4S2/c1-4-7-13-20(16,17)14-11-10(12(15)18-6-3)8-9(5-2)19-11/h8,13-14H,4-7H2,1-3H3. The van der Waals surface area contributed by atoms with Crippen LogP contribution < -0.4 is 9.44 Å². The molecule has 0 amide bonds. The molecule has 1 heterocycles. The Labute approximate surface area is 123 Å². The van der Waals surface area contributed by atoms with Crippen molar-refractivity contribution in [2.24, 2.45) is 0 Å². The number of carbonyl (C=O) groups excluding carboxylic acids is 1. The van der Waals surface area contributed by atoms with E-state index in [1.807, 2.05) is 13.8 Å². The number of hydrogen-bond donors (Lipinski definition) is 2. The number of ether oxygens (including phenoxy) is 1. The molecule has 0 aliphatic heterocycles. The van der Waals surface area contributed by atoms with Crippen LogP contribution in [0.5, 0.6) is 0 Å². The first-order chi connectivity index (χ1) is 9.43. The fraction of sp³-hybridized carbons (Fsp3) is 0.583. The SMILES string of the molecule is CCCNS(=O)(=O)Nc1sc(CC)cc1C(=O)OCC. The average molecular weight is 320 g/mol. The molecule has 8 heteroatoms. The highest BCUT2D eigenvalue weighted by Crippen LogP contribution is 2.29. The molecule has 0 saturated heterocycles. The fourth-order valence-corrected chi connectivity index (χ4v) is 3.68. The summed E-state index contributed by atoms with van der Waals surface area (Å²) in [5.74, 6) is -0.517. The summed E-state index contributed by atoms with van der Waals surface area (Å²) in [6, 6.07) is 1.67. The number of nitrogens with one attached hydrogen (secondary N) is 2. The van der Waals surface area contributed by atoms with Crippen molar-refractivity contribution in [3.63, 3.8) is 0 Å². The molecule has 0 aromatic carbocycles. The van der Waals surface area contributed by atoms with Gasteiger partial charge in [0.15, 0.2) is 0 Å². The van der Waals surface area contributed by atoms with Crippen molar-refractivity contribution < 1.29 is 17.9 Å². The van der Waals surface area contributed by atoms with E-state index in [9.17, 15) is 13.2 Å². The second kappa shape index (κ2) is 7.61. The molecule has 2 N–H and O–H groups in total. The largest absolute Gasteiger partial charge is 0.462 e. The van der Waals surface area contributed by atoms with Crippen LogP contribution in [0.15, 0.2) is 6.07 Å². The van der Waals surface area contributed by atoms with Gasteiger partial charge in [0, 0.05) is 11.4 Å². The van der Waals surface area contributed by atoms with E-state index >= 15 is 0 Å². The predicted molar refractivity (Wildman–Crippen MR) is 80.5 cm³/mol. The van der Waals surface area contributed by atoms with E-state index in [1.54, 1.807) is 13.0 Å². The molecule has 0 fully saturated rings. The van der Waals surface area contributed by atoms with Crippen molar-refractivity contribution in [2.75, 3.05) is 17.9 Å². The number of esters is 1. The minimum absolute atomic E-state index is 0.246. The summed E-state index contributed by atoms with van der Waals surface area (Å²) in [6.45, 7) is 6.10. The van der Waals surface area contributed by atoms with E-state index in [0.717, 1.165) is 11.3 Å². The first kappa shape index (κ1) is 16.9. The number of thiophene rings is 1. The molecule has 0 aliphatic carbocycles. The normalized spacial score (nSPS) is 11.3. The summed E-state index contributed by atoms with van der Waals surface area (Å²) in [5.41, 5.74) is 0.260. The lowest BCUT2D eigenvalue weighted by molar-refractivity contribution is 0.0528. The zero-order valence-corrected chi connectivity index (χ0v) is 13.5. The van der Waals surface area contributed by atoms with Gasteiger partial charge in [0.25, 0.3) is 10.2 Å². The summed E-state index contributed by atoms with van der Waals surface area (Å²) in [5, 5.41) is 0.295. The van der Waals surface area contributed by atoms with Gasteiger partial charge in [0.05, 0.1) is 12.2 Å². The smallest absolute Gasteiger partial charge is 0.341 e. The Balaban J connectivity index is 2.98. The van der Waals surface area contributed by atoms with E-state index in [1.165, 1.54) is 11.3 Å². The van der Waals surface area contributed by atoms with Gasteiger partial charge in [-0.3, -0.25) is 4.72 Å². The van der Waals surface area contributed by atoms with Gasteiger partial charge in [0.1, 0.15) is 5.00 Å². The minimum Gasteiger partial charge on any atom is -0.462 e. The lowest BCUT2D eigenvalue weighted by Gasteiger charge is -2.08. The van der Waals surface area contributed by atoms with Gasteiger partial charge in [-0.25, -0.2) is 4.79 Å². The fourth-order valence-electron chi connectivity index (χ4n) is 1.45. The molecule has 0 aliphatic rings. The van der Waals surface area contributed by atoms with E-state index < -0.39 is 16.2 Å². The molecule has 114 valence electrons. The third-order valence-corrected chi connectivity index (χ3v) is 4.78. The Morgan fingerprint density at radius 2 is 2.05 bits per heavy atom. The van der Waals surface area contributed by atoms with Crippen molar-refractivity contribution >= 4 is 32.5 Å². The zero-order valence-electron chi connectivity index (χ0n) is 11.9. The summed E-state index contributed by atoms with van der Waals surface area (Å²) < 4.78 is 33.4. The van der Waals surface area contributed by atoms with Crippen LogP contribution in [0.1, 0.15) is 42.4 Å². The lowest BCUT2D eigenvalue weighted by atomic mass is 10.2. The van der Waals surface area contributed by atoms with Crippen LogP contribution in [0, 0.1) is 0 Å². The van der Waals surface area contributed by atoms with Crippen molar-refractivity contribution in [2.45, 2.75) is 33.6 Å². The monoisotopic (exact) mass is 320 g/mol. The molecular weight excluding hydrogens is 300 g/mol. The summed E-state index contributed by atoms with van der Waals surface area (Å²) in [4.78, 5) is 12.7. The van der Waals surface area contributed by atoms with Gasteiger partial charge in [-0.05, 0) is 25.8 Å². The summed E-state index contributed by atoms with van der Waals surface area (Å²) in [6.07, 6.45) is 1.41. The van der Waals surface area contributed by atoms with Crippen LogP contribution in [0.2, 0.25) is 0 Å². The first-order valence-electron chi connectivity index (χ1n) is 6.50. The van der Waals surface area contributed by atoms with Crippen LogP contribution in [-0.2, 0) is 21.4 Å². The van der Waals surface area contributed by atoms with Gasteiger partial charge < -0.3 is 4.74 Å². The van der Waals surface area contributed by atoms with Crippen LogP contribution in [0.3, 0.4) is 0 Å². The lowest BCUT2D eigenvalue weighted by Crippen LogP contribution is -2.30. The van der Waals surface area contributed by atoms with E-state index in [0.29, 0.717) is 18.0 Å². The highest BCUT2D eigenvalue weighted by molar-refractivity contribution is 7.91. The molecule has 0 unspecified atom stereocenters. The number of aryl methyl sites for hydroxylation is 1. The first-order valence-corrected chi connectivity index (χ1v) is 8.80. The van der Waals surface area contributed by atoms with Gasteiger partial charge in [0.2, 0.25) is 0 Å². The zero-order chi connectivity index (χ0) is 15.2. The van der Waals surface area contributed by atoms with Gasteiger partial charge in [-0.2, -0.15) is 13.1 Å². The highest BCUT2D eigenvalue weighted by Gasteiger charge is 2.20. The van der Waals surface area contributed by atoms with Crippen LogP contribution in [0.4, 0.5) is 5.00 Å². The van der Waals surface area contributed by atoms with Crippen LogP contribution in [0.25, 0.3) is 0 Å². The number of carbonyl (C=O) groups is 1. The molecule has 6 nitrogen and oxygen atoms in total. The van der Waals surface area contributed by atoms with Crippen molar-refractivity contribution in [1.29, 1.82) is 0 Å². The van der Waals surface area contributed by atoms with Crippen LogP contribution >= 0.6 is 11.3 Å². The quantitative estimate of drug-likeness (QED) is 0.719. The van der Waals surface area contributed by atoms with Gasteiger partial charge in [-0.15, -0.1) is 11.3 Å². The molecule has 0 radical (unpaired) electrons. The highest BCUT2D eigenvalue weighted by atomic mass is 32.2. The molecule has 0 bridgehead atoms. The maximum atomic E-state index is 11.8. The Bertz CT molecular complexity index is 552. The van der Waals surface area contributed by atoms with Crippen molar-refractivity contribution in [3.8, 4) is 0 Å². The molecule has 0 saturated carbocycles. The Hall–Kier alpha value is -1.12. The molecule has 0 atom stereocenters. The third kappa shape index (κ3) is 4.77. The Morgan fingerprint density at radius 3 is 2.60 bits per heavy atom. The van der Waals surface area contributed by atoms with Gasteiger partial charge >= 0.3 is 5.97 Å². The number of hydrogen-bond acceptors (Lipinski definition) is 5. The van der Waals surface area contributed by atoms with Crippen molar-refractivity contribution in [3.05, 3.63) is 16.5 Å². The molecule has 1 aromatic rings.